The minimum atomic E-state index is -4.54. The Hall–Kier alpha value is -1.14. The number of pyridine rings is 1. The van der Waals surface area contributed by atoms with Gasteiger partial charge in [0.1, 0.15) is 0 Å². The van der Waals surface area contributed by atoms with Crippen LogP contribution in [0.5, 0.6) is 0 Å². The smallest absolute Gasteiger partial charge is 0.382 e. The summed E-state index contributed by atoms with van der Waals surface area (Å²) in [4.78, 5) is 5.63. The van der Waals surface area contributed by atoms with Crippen molar-refractivity contribution in [2.45, 2.75) is 37.6 Å². The fourth-order valence-corrected chi connectivity index (χ4v) is 2.53. The molecule has 0 amide bonds. The van der Waals surface area contributed by atoms with Crippen molar-refractivity contribution < 1.29 is 18.3 Å². The molecule has 106 valence electrons. The van der Waals surface area contributed by atoms with Gasteiger partial charge in [0.05, 0.1) is 0 Å². The van der Waals surface area contributed by atoms with Gasteiger partial charge in [-0.05, 0) is 43.5 Å². The summed E-state index contributed by atoms with van der Waals surface area (Å²) >= 11 is 0. The molecule has 0 radical (unpaired) electrons. The normalized spacial score (nSPS) is 22.6. The van der Waals surface area contributed by atoms with Crippen LogP contribution in [-0.4, -0.2) is 46.4 Å². The number of likely N-dealkylation sites (tertiary alicyclic amines) is 1. The van der Waals surface area contributed by atoms with E-state index in [0.717, 1.165) is 5.56 Å². The number of aromatic nitrogens is 1. The van der Waals surface area contributed by atoms with Gasteiger partial charge in [0.2, 0.25) is 0 Å². The zero-order valence-electron chi connectivity index (χ0n) is 10.5. The molecule has 1 aliphatic heterocycles. The molecule has 0 bridgehead atoms. The zero-order chi connectivity index (χ0) is 13.9. The number of aliphatic hydroxyl groups is 1. The molecule has 6 heteroatoms. The van der Waals surface area contributed by atoms with Crippen LogP contribution < -0.4 is 0 Å². The van der Waals surface area contributed by atoms with Gasteiger partial charge in [0.25, 0.3) is 0 Å². The predicted octanol–water partition coefficient (Wildman–Crippen LogP) is 2.01. The van der Waals surface area contributed by atoms with Crippen LogP contribution in [0.2, 0.25) is 0 Å². The number of rotatable bonds is 4. The summed E-state index contributed by atoms with van der Waals surface area (Å²) < 4.78 is 37.7. The maximum absolute atomic E-state index is 12.6. The third kappa shape index (κ3) is 3.67. The Morgan fingerprint density at radius 3 is 2.68 bits per heavy atom. The molecule has 2 rings (SSSR count). The molecule has 3 nitrogen and oxygen atoms in total. The van der Waals surface area contributed by atoms with Gasteiger partial charge < -0.3 is 5.11 Å². The minimum absolute atomic E-state index is 0.400. The lowest BCUT2D eigenvalue weighted by atomic mass is 10.1. The predicted molar refractivity (Wildman–Crippen MR) is 64.6 cm³/mol. The monoisotopic (exact) mass is 274 g/mol. The van der Waals surface area contributed by atoms with Crippen molar-refractivity contribution in [3.8, 4) is 0 Å². The van der Waals surface area contributed by atoms with Crippen LogP contribution in [0.3, 0.4) is 0 Å². The number of aliphatic hydroxyl groups excluding tert-OH is 1. The van der Waals surface area contributed by atoms with Crippen LogP contribution in [0.25, 0.3) is 0 Å². The number of alkyl halides is 3. The Kier molecular flexibility index (Phi) is 4.42. The van der Waals surface area contributed by atoms with Gasteiger partial charge in [0.15, 0.2) is 6.10 Å². The van der Waals surface area contributed by atoms with E-state index in [1.807, 2.05) is 12.1 Å². The maximum Gasteiger partial charge on any atom is 0.415 e. The first-order valence-electron chi connectivity index (χ1n) is 6.36. The number of nitrogens with zero attached hydrogens (tertiary/aromatic N) is 2. The quantitative estimate of drug-likeness (QED) is 0.912. The molecule has 1 aromatic rings. The summed E-state index contributed by atoms with van der Waals surface area (Å²) in [5.74, 6) is 0. The highest BCUT2D eigenvalue weighted by molar-refractivity contribution is 5.10. The average Bonchev–Trinajstić information content (AvgIpc) is 2.83. The summed E-state index contributed by atoms with van der Waals surface area (Å²) in [5, 5.41) is 9.38. The van der Waals surface area contributed by atoms with Crippen LogP contribution in [0.15, 0.2) is 24.5 Å². The van der Waals surface area contributed by atoms with Gasteiger partial charge in [-0.3, -0.25) is 9.88 Å². The molecular formula is C13H17F3N2O. The van der Waals surface area contributed by atoms with E-state index in [9.17, 15) is 18.3 Å². The highest BCUT2D eigenvalue weighted by Crippen LogP contribution is 2.30. The molecule has 1 fully saturated rings. The van der Waals surface area contributed by atoms with E-state index in [4.69, 9.17) is 0 Å². The number of halogens is 3. The molecule has 2 heterocycles. The Bertz CT molecular complexity index is 397. The van der Waals surface area contributed by atoms with E-state index in [2.05, 4.69) is 4.98 Å². The van der Waals surface area contributed by atoms with Gasteiger partial charge in [0, 0.05) is 25.0 Å². The fourth-order valence-electron chi connectivity index (χ4n) is 2.53. The van der Waals surface area contributed by atoms with Crippen LogP contribution in [0.4, 0.5) is 13.2 Å². The van der Waals surface area contributed by atoms with Crippen LogP contribution in [0.1, 0.15) is 18.4 Å². The third-order valence-electron chi connectivity index (χ3n) is 3.55. The Balaban J connectivity index is 1.92. The van der Waals surface area contributed by atoms with Gasteiger partial charge in [-0.2, -0.15) is 13.2 Å². The average molecular weight is 274 g/mol. The molecule has 0 saturated carbocycles. The Morgan fingerprint density at radius 1 is 1.37 bits per heavy atom. The molecule has 19 heavy (non-hydrogen) atoms. The summed E-state index contributed by atoms with van der Waals surface area (Å²) in [6.45, 7) is 1.14. The fraction of sp³-hybridized carbons (Fsp3) is 0.615. The second-order valence-electron chi connectivity index (χ2n) is 4.84. The standard InChI is InChI=1S/C13H17F3N2O/c14-13(15,16)12(19)11-2-1-8-18(11)9-5-10-3-6-17-7-4-10/h3-4,6-7,11-12,19H,1-2,5,8-9H2/t11-,12+/m0/s1. The second-order valence-corrected chi connectivity index (χ2v) is 4.84. The zero-order valence-corrected chi connectivity index (χ0v) is 10.5. The molecule has 2 atom stereocenters. The van der Waals surface area contributed by atoms with Crippen LogP contribution >= 0.6 is 0 Å². The molecule has 0 unspecified atom stereocenters. The van der Waals surface area contributed by atoms with Crippen molar-refractivity contribution in [3.05, 3.63) is 30.1 Å². The lowest BCUT2D eigenvalue weighted by Gasteiger charge is -2.29. The summed E-state index contributed by atoms with van der Waals surface area (Å²) in [6.07, 6.45) is -1.67. The van der Waals surface area contributed by atoms with E-state index in [-0.39, 0.29) is 0 Å². The van der Waals surface area contributed by atoms with Crippen LogP contribution in [-0.2, 0) is 6.42 Å². The SMILES string of the molecule is O[C@H]([C@@H]1CCCN1CCc1ccncc1)C(F)(F)F. The van der Waals surface area contributed by atoms with E-state index in [1.165, 1.54) is 0 Å². The van der Waals surface area contributed by atoms with E-state index in [1.54, 1.807) is 17.3 Å². The molecule has 1 aliphatic rings. The van der Waals surface area contributed by atoms with Crippen molar-refractivity contribution in [1.29, 1.82) is 0 Å². The minimum Gasteiger partial charge on any atom is -0.382 e. The highest BCUT2D eigenvalue weighted by Gasteiger charge is 2.46. The molecule has 0 aromatic carbocycles. The summed E-state index contributed by atoms with van der Waals surface area (Å²) in [5.41, 5.74) is 1.04. The molecule has 1 N–H and O–H groups in total. The topological polar surface area (TPSA) is 36.4 Å². The van der Waals surface area contributed by atoms with Gasteiger partial charge in [-0.1, -0.05) is 0 Å². The van der Waals surface area contributed by atoms with Gasteiger partial charge in [-0.15, -0.1) is 0 Å². The van der Waals surface area contributed by atoms with Crippen LogP contribution in [0, 0.1) is 0 Å². The summed E-state index contributed by atoms with van der Waals surface area (Å²) in [6, 6.07) is 2.90. The highest BCUT2D eigenvalue weighted by atomic mass is 19.4. The first kappa shape index (κ1) is 14.3. The number of hydrogen-bond acceptors (Lipinski definition) is 3. The lowest BCUT2D eigenvalue weighted by Crippen LogP contribution is -2.47. The van der Waals surface area contributed by atoms with E-state index in [0.29, 0.717) is 32.4 Å². The van der Waals surface area contributed by atoms with Crippen molar-refractivity contribution >= 4 is 0 Å². The lowest BCUT2D eigenvalue weighted by molar-refractivity contribution is -0.219. The van der Waals surface area contributed by atoms with Gasteiger partial charge in [-0.25, -0.2) is 0 Å². The maximum atomic E-state index is 12.6. The molecule has 1 aromatic heterocycles. The largest absolute Gasteiger partial charge is 0.415 e. The van der Waals surface area contributed by atoms with E-state index >= 15 is 0 Å². The van der Waals surface area contributed by atoms with Crippen molar-refractivity contribution in [3.63, 3.8) is 0 Å². The van der Waals surface area contributed by atoms with Crippen molar-refractivity contribution in [1.82, 2.24) is 9.88 Å². The van der Waals surface area contributed by atoms with E-state index < -0.39 is 18.3 Å². The second kappa shape index (κ2) is 5.88. The van der Waals surface area contributed by atoms with Crippen molar-refractivity contribution in [2.75, 3.05) is 13.1 Å². The van der Waals surface area contributed by atoms with Crippen molar-refractivity contribution in [2.24, 2.45) is 0 Å². The third-order valence-corrected chi connectivity index (χ3v) is 3.55. The molecule has 0 spiro atoms. The Labute approximate surface area is 110 Å². The first-order chi connectivity index (χ1) is 8.98. The molecular weight excluding hydrogens is 257 g/mol. The molecule has 1 saturated heterocycles. The Morgan fingerprint density at radius 2 is 2.05 bits per heavy atom. The first-order valence-corrected chi connectivity index (χ1v) is 6.36. The van der Waals surface area contributed by atoms with Gasteiger partial charge >= 0.3 is 6.18 Å². The number of hydrogen-bond donors (Lipinski definition) is 1. The summed E-state index contributed by atoms with van der Waals surface area (Å²) in [7, 11) is 0. The molecule has 0 aliphatic carbocycles.